The highest BCUT2D eigenvalue weighted by Crippen LogP contribution is 2.15. The minimum atomic E-state index is -1.13. The number of aliphatic carboxylic acids is 1. The molecule has 0 aromatic carbocycles. The van der Waals surface area contributed by atoms with Gasteiger partial charge in [0, 0.05) is 19.3 Å². The van der Waals surface area contributed by atoms with E-state index < -0.39 is 18.1 Å². The Morgan fingerprint density at radius 3 is 1.22 bits per heavy atom. The molecule has 8 nitrogen and oxygen atoms in total. The summed E-state index contributed by atoms with van der Waals surface area (Å²) in [6.45, 7) is 4.52. The first-order valence-electron chi connectivity index (χ1n) is 27.6. The SMILES string of the molecule is CC/C=C/C/C=C/C/C=C/C/C=C/CCCCCCCCCCCC(=O)OCC(COCCC(C(=O)[O-])[N+](C)(C)C)OC(=O)CCCCCCCCCCC/C=C/C/C=C/C/C=C/CCCCC. The molecular weight excluding hydrogens is 847 g/mol. The van der Waals surface area contributed by atoms with Crippen LogP contribution in [0.2, 0.25) is 0 Å². The number of ether oxygens (including phenoxy) is 3. The fourth-order valence-electron chi connectivity index (χ4n) is 7.78. The first-order chi connectivity index (χ1) is 33.1. The molecule has 0 spiro atoms. The molecule has 0 heterocycles. The molecule has 8 heteroatoms. The van der Waals surface area contributed by atoms with E-state index in [1.165, 1.54) is 103 Å². The Bertz CT molecular complexity index is 1380. The van der Waals surface area contributed by atoms with Gasteiger partial charge in [0.05, 0.1) is 40.3 Å². The van der Waals surface area contributed by atoms with Crippen molar-refractivity contribution in [2.75, 3.05) is 41.0 Å². The minimum Gasteiger partial charge on any atom is -0.544 e. The molecule has 0 fully saturated rings. The number of rotatable bonds is 49. The molecule has 0 radical (unpaired) electrons. The van der Waals surface area contributed by atoms with Gasteiger partial charge in [-0.15, -0.1) is 0 Å². The lowest BCUT2D eigenvalue weighted by atomic mass is 10.1. The van der Waals surface area contributed by atoms with Crippen LogP contribution in [0.3, 0.4) is 0 Å². The van der Waals surface area contributed by atoms with E-state index in [-0.39, 0.29) is 42.7 Å². The Kier molecular flexibility index (Phi) is 47.4. The van der Waals surface area contributed by atoms with E-state index in [0.717, 1.165) is 89.9 Å². The van der Waals surface area contributed by atoms with Crippen LogP contribution < -0.4 is 5.11 Å². The molecule has 390 valence electrons. The van der Waals surface area contributed by atoms with E-state index in [0.29, 0.717) is 12.8 Å². The third-order valence-corrected chi connectivity index (χ3v) is 12.0. The van der Waals surface area contributed by atoms with Crippen molar-refractivity contribution in [3.8, 4) is 0 Å². The molecule has 0 saturated heterocycles. The molecule has 0 N–H and O–H groups in total. The van der Waals surface area contributed by atoms with Gasteiger partial charge < -0.3 is 28.6 Å². The van der Waals surface area contributed by atoms with Gasteiger partial charge in [-0.25, -0.2) is 0 Å². The zero-order chi connectivity index (χ0) is 49.9. The third kappa shape index (κ3) is 47.6. The molecule has 0 aliphatic carbocycles. The number of carbonyl (C=O) groups excluding carboxylic acids is 3. The molecule has 2 atom stereocenters. The van der Waals surface area contributed by atoms with Crippen molar-refractivity contribution in [3.05, 3.63) is 85.1 Å². The number of unbranched alkanes of at least 4 members (excludes halogenated alkanes) is 21. The standard InChI is InChI=1S/C60H103NO7/c1-6-8-10-12-14-16-18-20-22-24-26-28-30-32-34-36-38-40-42-44-46-48-50-58(62)67-55-56(54-66-53-52-57(60(64)65)61(3,4)5)68-59(63)51-49-47-45-43-41-39-37-35-33-31-29-27-25-23-21-19-17-15-13-11-9-7-2/h8,10,14-17,20-23,26-29,56-57H,6-7,9,11-13,18-19,24-25,30-55H2,1-5H3/b10-8+,16-14+,17-15+,22-20+,23-21+,28-26+,29-27+. The number of hydrogen-bond donors (Lipinski definition) is 0. The van der Waals surface area contributed by atoms with Gasteiger partial charge in [0.15, 0.2) is 6.10 Å². The van der Waals surface area contributed by atoms with Crippen LogP contribution in [-0.4, -0.2) is 75.5 Å². The van der Waals surface area contributed by atoms with Gasteiger partial charge in [0.25, 0.3) is 0 Å². The van der Waals surface area contributed by atoms with E-state index in [1.54, 1.807) is 21.1 Å². The van der Waals surface area contributed by atoms with Crippen molar-refractivity contribution in [3.63, 3.8) is 0 Å². The summed E-state index contributed by atoms with van der Waals surface area (Å²) >= 11 is 0. The zero-order valence-electron chi connectivity index (χ0n) is 44.5. The number of esters is 2. The molecular formula is C60H103NO7. The molecule has 0 aromatic heterocycles. The molecule has 68 heavy (non-hydrogen) atoms. The summed E-state index contributed by atoms with van der Waals surface area (Å²) < 4.78 is 17.3. The van der Waals surface area contributed by atoms with Gasteiger partial charge in [-0.05, 0) is 89.9 Å². The summed E-state index contributed by atoms with van der Waals surface area (Å²) in [5, 5.41) is 11.7. The molecule has 0 amide bonds. The normalized spacial score (nSPS) is 13.5. The van der Waals surface area contributed by atoms with Gasteiger partial charge in [-0.2, -0.15) is 0 Å². The summed E-state index contributed by atoms with van der Waals surface area (Å²) in [7, 11) is 5.41. The van der Waals surface area contributed by atoms with Crippen LogP contribution >= 0.6 is 0 Å². The maximum absolute atomic E-state index is 12.8. The number of likely N-dealkylation sites (N-methyl/N-ethyl adjacent to an activating group) is 1. The smallest absolute Gasteiger partial charge is 0.306 e. The second kappa shape index (κ2) is 49.9. The number of hydrogen-bond acceptors (Lipinski definition) is 7. The lowest BCUT2D eigenvalue weighted by molar-refractivity contribution is -0.889. The molecule has 0 bridgehead atoms. The Balaban J connectivity index is 4.23. The number of nitrogens with zero attached hydrogens (tertiary/aromatic N) is 1. The number of carboxylic acid groups (broad SMARTS) is 1. The van der Waals surface area contributed by atoms with Crippen LogP contribution in [0.5, 0.6) is 0 Å². The van der Waals surface area contributed by atoms with Crippen molar-refractivity contribution in [1.29, 1.82) is 0 Å². The van der Waals surface area contributed by atoms with Crippen molar-refractivity contribution < 1.29 is 38.2 Å². The highest BCUT2D eigenvalue weighted by molar-refractivity contribution is 5.70. The molecule has 2 unspecified atom stereocenters. The number of carbonyl (C=O) groups is 3. The van der Waals surface area contributed by atoms with Crippen LogP contribution in [0.15, 0.2) is 85.1 Å². The summed E-state index contributed by atoms with van der Waals surface area (Å²) in [4.78, 5) is 37.1. The summed E-state index contributed by atoms with van der Waals surface area (Å²) in [6, 6.07) is -0.733. The van der Waals surface area contributed by atoms with Crippen LogP contribution in [0.1, 0.15) is 226 Å². The predicted molar refractivity (Wildman–Crippen MR) is 286 cm³/mol. The van der Waals surface area contributed by atoms with Gasteiger partial charge in [0.1, 0.15) is 12.6 Å². The number of carboxylic acids is 1. The van der Waals surface area contributed by atoms with E-state index in [2.05, 4.69) is 98.9 Å². The molecule has 0 aliphatic heterocycles. The second-order valence-corrected chi connectivity index (χ2v) is 19.4. The largest absolute Gasteiger partial charge is 0.544 e. The van der Waals surface area contributed by atoms with Gasteiger partial charge in [-0.1, -0.05) is 202 Å². The second-order valence-electron chi connectivity index (χ2n) is 19.4. The number of allylic oxidation sites excluding steroid dienone is 14. The third-order valence-electron chi connectivity index (χ3n) is 12.0. The van der Waals surface area contributed by atoms with Crippen LogP contribution in [0.4, 0.5) is 0 Å². The molecule has 0 saturated carbocycles. The Morgan fingerprint density at radius 1 is 0.456 bits per heavy atom. The highest BCUT2D eigenvalue weighted by atomic mass is 16.6. The van der Waals surface area contributed by atoms with E-state index in [9.17, 15) is 19.5 Å². The Labute approximate surface area is 418 Å². The van der Waals surface area contributed by atoms with Gasteiger partial charge in [-0.3, -0.25) is 9.59 Å². The first kappa shape index (κ1) is 64.5. The van der Waals surface area contributed by atoms with E-state index in [4.69, 9.17) is 14.2 Å². The van der Waals surface area contributed by atoms with Crippen molar-refractivity contribution in [2.24, 2.45) is 0 Å². The summed E-state index contributed by atoms with van der Waals surface area (Å²) in [6.07, 6.45) is 66.1. The van der Waals surface area contributed by atoms with E-state index in [1.807, 2.05) is 0 Å². The maximum Gasteiger partial charge on any atom is 0.306 e. The van der Waals surface area contributed by atoms with E-state index >= 15 is 0 Å². The topological polar surface area (TPSA) is 102 Å². The fourth-order valence-corrected chi connectivity index (χ4v) is 7.78. The zero-order valence-corrected chi connectivity index (χ0v) is 44.5. The summed E-state index contributed by atoms with van der Waals surface area (Å²) in [5.41, 5.74) is 0. The lowest BCUT2D eigenvalue weighted by Crippen LogP contribution is -2.55. The molecule has 0 aromatic rings. The lowest BCUT2D eigenvalue weighted by Gasteiger charge is -2.34. The van der Waals surface area contributed by atoms with Crippen LogP contribution in [0, 0.1) is 0 Å². The fraction of sp³-hybridized carbons (Fsp3) is 0.717. The van der Waals surface area contributed by atoms with Gasteiger partial charge >= 0.3 is 11.9 Å². The Hall–Kier alpha value is -3.49. The Morgan fingerprint density at radius 2 is 0.824 bits per heavy atom. The van der Waals surface area contributed by atoms with Crippen LogP contribution in [-0.2, 0) is 28.6 Å². The minimum absolute atomic E-state index is 0.0331. The van der Waals surface area contributed by atoms with Crippen molar-refractivity contribution in [2.45, 2.75) is 238 Å². The van der Waals surface area contributed by atoms with Crippen molar-refractivity contribution in [1.82, 2.24) is 0 Å². The average molecular weight is 950 g/mol. The first-order valence-corrected chi connectivity index (χ1v) is 27.6. The molecule has 0 aliphatic rings. The number of quaternary nitrogens is 1. The predicted octanol–water partition coefficient (Wildman–Crippen LogP) is 15.1. The maximum atomic E-state index is 12.8. The van der Waals surface area contributed by atoms with Crippen LogP contribution in [0.25, 0.3) is 0 Å². The highest BCUT2D eigenvalue weighted by Gasteiger charge is 2.25. The summed E-state index contributed by atoms with van der Waals surface area (Å²) in [5.74, 6) is -1.75. The quantitative estimate of drug-likeness (QED) is 0.0259. The molecule has 0 rings (SSSR count). The van der Waals surface area contributed by atoms with Crippen molar-refractivity contribution >= 4 is 17.9 Å². The van der Waals surface area contributed by atoms with Gasteiger partial charge in [0.2, 0.25) is 0 Å². The average Bonchev–Trinajstić information content (AvgIpc) is 3.30. The monoisotopic (exact) mass is 950 g/mol.